The first-order valence-electron chi connectivity index (χ1n) is 6.67. The van der Waals surface area contributed by atoms with Gasteiger partial charge in [0.25, 0.3) is 0 Å². The molecule has 1 heterocycles. The van der Waals surface area contributed by atoms with Crippen molar-refractivity contribution in [2.75, 3.05) is 19.0 Å². The molecule has 18 heavy (non-hydrogen) atoms. The third-order valence-electron chi connectivity index (χ3n) is 3.81. The highest BCUT2D eigenvalue weighted by Gasteiger charge is 2.33. The van der Waals surface area contributed by atoms with Crippen molar-refractivity contribution < 1.29 is 4.74 Å². The Hall–Kier alpha value is -1.29. The van der Waals surface area contributed by atoms with Gasteiger partial charge in [0, 0.05) is 12.6 Å². The van der Waals surface area contributed by atoms with E-state index in [9.17, 15) is 0 Å². The molecular formula is C14H23N3O. The molecule has 0 saturated heterocycles. The molecule has 4 heteroatoms. The van der Waals surface area contributed by atoms with Crippen LogP contribution in [0, 0.1) is 5.92 Å². The number of hydrogen-bond donors (Lipinski definition) is 2. The first-order valence-corrected chi connectivity index (χ1v) is 6.67. The van der Waals surface area contributed by atoms with E-state index in [4.69, 9.17) is 10.5 Å². The summed E-state index contributed by atoms with van der Waals surface area (Å²) >= 11 is 0. The lowest BCUT2D eigenvalue weighted by atomic mass is 9.76. The molecule has 2 atom stereocenters. The van der Waals surface area contributed by atoms with Crippen LogP contribution in [0.3, 0.4) is 0 Å². The second-order valence-electron chi connectivity index (χ2n) is 5.38. The van der Waals surface area contributed by atoms with E-state index in [2.05, 4.69) is 17.2 Å². The number of nitrogens with zero attached hydrogens (tertiary/aromatic N) is 1. The van der Waals surface area contributed by atoms with Crippen molar-refractivity contribution in [1.29, 1.82) is 0 Å². The third kappa shape index (κ3) is 2.93. The molecule has 3 N–H and O–H groups in total. The molecule has 0 aromatic carbocycles. The van der Waals surface area contributed by atoms with E-state index >= 15 is 0 Å². The molecule has 1 saturated carbocycles. The largest absolute Gasteiger partial charge is 0.481 e. The van der Waals surface area contributed by atoms with Gasteiger partial charge in [-0.2, -0.15) is 4.98 Å². The standard InChI is InChI=1S/C14H23N3O/c1-11-5-4-8-14(9-11,10-15)17-12-6-3-7-13(16-12)18-2/h3,6-7,11H,4-5,8-10,15H2,1-2H3,(H,16,17). The summed E-state index contributed by atoms with van der Waals surface area (Å²) in [5, 5.41) is 3.53. The Morgan fingerprint density at radius 1 is 1.56 bits per heavy atom. The lowest BCUT2D eigenvalue weighted by molar-refractivity contribution is 0.263. The lowest BCUT2D eigenvalue weighted by Gasteiger charge is -2.40. The average molecular weight is 249 g/mol. The van der Waals surface area contributed by atoms with E-state index in [-0.39, 0.29) is 5.54 Å². The molecule has 0 bridgehead atoms. The van der Waals surface area contributed by atoms with Crippen LogP contribution in [-0.4, -0.2) is 24.2 Å². The number of methoxy groups -OCH3 is 1. The fraction of sp³-hybridized carbons (Fsp3) is 0.643. The van der Waals surface area contributed by atoms with Crippen LogP contribution in [0.4, 0.5) is 5.82 Å². The Labute approximate surface area is 109 Å². The van der Waals surface area contributed by atoms with Crippen LogP contribution in [0.1, 0.15) is 32.6 Å². The van der Waals surface area contributed by atoms with Crippen molar-refractivity contribution in [3.05, 3.63) is 18.2 Å². The molecule has 0 radical (unpaired) electrons. The van der Waals surface area contributed by atoms with Crippen molar-refractivity contribution in [3.8, 4) is 5.88 Å². The molecule has 1 fully saturated rings. The van der Waals surface area contributed by atoms with E-state index in [0.717, 1.165) is 24.6 Å². The molecule has 1 aliphatic carbocycles. The van der Waals surface area contributed by atoms with Gasteiger partial charge in [0.1, 0.15) is 5.82 Å². The number of rotatable bonds is 4. The number of aromatic nitrogens is 1. The molecule has 0 amide bonds. The highest BCUT2D eigenvalue weighted by atomic mass is 16.5. The summed E-state index contributed by atoms with van der Waals surface area (Å²) in [5.41, 5.74) is 5.99. The van der Waals surface area contributed by atoms with E-state index < -0.39 is 0 Å². The predicted octanol–water partition coefficient (Wildman–Crippen LogP) is 2.41. The van der Waals surface area contributed by atoms with Crippen LogP contribution in [0.15, 0.2) is 18.2 Å². The second-order valence-corrected chi connectivity index (χ2v) is 5.38. The van der Waals surface area contributed by atoms with Gasteiger partial charge in [-0.15, -0.1) is 0 Å². The predicted molar refractivity (Wildman–Crippen MR) is 73.8 cm³/mol. The monoisotopic (exact) mass is 249 g/mol. The molecule has 1 aromatic rings. The quantitative estimate of drug-likeness (QED) is 0.860. The van der Waals surface area contributed by atoms with Crippen LogP contribution >= 0.6 is 0 Å². The molecule has 0 spiro atoms. The van der Waals surface area contributed by atoms with Gasteiger partial charge in [-0.25, -0.2) is 0 Å². The number of ether oxygens (including phenoxy) is 1. The topological polar surface area (TPSA) is 60.2 Å². The van der Waals surface area contributed by atoms with E-state index in [0.29, 0.717) is 12.4 Å². The maximum absolute atomic E-state index is 6.00. The van der Waals surface area contributed by atoms with Crippen molar-refractivity contribution in [3.63, 3.8) is 0 Å². The molecule has 2 rings (SSSR count). The summed E-state index contributed by atoms with van der Waals surface area (Å²) < 4.78 is 5.15. The molecule has 1 aliphatic rings. The first-order chi connectivity index (χ1) is 8.67. The van der Waals surface area contributed by atoms with Gasteiger partial charge in [0.2, 0.25) is 5.88 Å². The number of hydrogen-bond acceptors (Lipinski definition) is 4. The summed E-state index contributed by atoms with van der Waals surface area (Å²) in [4.78, 5) is 4.41. The van der Waals surface area contributed by atoms with Crippen LogP contribution < -0.4 is 15.8 Å². The SMILES string of the molecule is COc1cccc(NC2(CN)CCCC(C)C2)n1. The Kier molecular flexibility index (Phi) is 4.07. The molecular weight excluding hydrogens is 226 g/mol. The van der Waals surface area contributed by atoms with Crippen molar-refractivity contribution in [1.82, 2.24) is 4.98 Å². The van der Waals surface area contributed by atoms with Gasteiger partial charge in [-0.05, 0) is 24.8 Å². The minimum Gasteiger partial charge on any atom is -0.481 e. The Bertz CT molecular complexity index is 396. The van der Waals surface area contributed by atoms with Crippen LogP contribution in [-0.2, 0) is 0 Å². The lowest BCUT2D eigenvalue weighted by Crippen LogP contribution is -2.48. The molecule has 100 valence electrons. The van der Waals surface area contributed by atoms with Crippen molar-refractivity contribution in [2.45, 2.75) is 38.1 Å². The number of nitrogens with one attached hydrogen (secondary N) is 1. The van der Waals surface area contributed by atoms with Crippen LogP contribution in [0.25, 0.3) is 0 Å². The van der Waals surface area contributed by atoms with Gasteiger partial charge in [0.15, 0.2) is 0 Å². The smallest absolute Gasteiger partial charge is 0.214 e. The van der Waals surface area contributed by atoms with E-state index in [1.807, 2.05) is 18.2 Å². The fourth-order valence-corrected chi connectivity index (χ4v) is 2.88. The van der Waals surface area contributed by atoms with Gasteiger partial charge in [0.05, 0.1) is 12.6 Å². The summed E-state index contributed by atoms with van der Waals surface area (Å²) in [7, 11) is 1.63. The average Bonchev–Trinajstić information content (AvgIpc) is 2.39. The minimum absolute atomic E-state index is 0.00295. The number of nitrogens with two attached hydrogens (primary N) is 1. The highest BCUT2D eigenvalue weighted by molar-refractivity contribution is 5.40. The summed E-state index contributed by atoms with van der Waals surface area (Å²) in [6.07, 6.45) is 4.76. The highest BCUT2D eigenvalue weighted by Crippen LogP contribution is 2.34. The van der Waals surface area contributed by atoms with Crippen LogP contribution in [0.5, 0.6) is 5.88 Å². The van der Waals surface area contributed by atoms with Crippen molar-refractivity contribution >= 4 is 5.82 Å². The number of pyridine rings is 1. The summed E-state index contributed by atoms with van der Waals surface area (Å²) in [6.45, 7) is 2.94. The van der Waals surface area contributed by atoms with Crippen LogP contribution in [0.2, 0.25) is 0 Å². The molecule has 4 nitrogen and oxygen atoms in total. The van der Waals surface area contributed by atoms with E-state index in [1.54, 1.807) is 7.11 Å². The normalized spacial score (nSPS) is 27.8. The third-order valence-corrected chi connectivity index (χ3v) is 3.81. The van der Waals surface area contributed by atoms with Gasteiger partial charge < -0.3 is 15.8 Å². The van der Waals surface area contributed by atoms with E-state index in [1.165, 1.54) is 12.8 Å². The second kappa shape index (κ2) is 5.57. The minimum atomic E-state index is -0.00295. The molecule has 1 aromatic heterocycles. The fourth-order valence-electron chi connectivity index (χ4n) is 2.88. The molecule has 0 aliphatic heterocycles. The van der Waals surface area contributed by atoms with Gasteiger partial charge >= 0.3 is 0 Å². The zero-order chi connectivity index (χ0) is 13.0. The summed E-state index contributed by atoms with van der Waals surface area (Å²) in [5.74, 6) is 2.21. The van der Waals surface area contributed by atoms with Crippen molar-refractivity contribution in [2.24, 2.45) is 11.7 Å². The number of anilines is 1. The zero-order valence-electron chi connectivity index (χ0n) is 11.3. The van der Waals surface area contributed by atoms with Gasteiger partial charge in [-0.3, -0.25) is 0 Å². The maximum atomic E-state index is 6.00. The summed E-state index contributed by atoms with van der Waals surface area (Å²) in [6, 6.07) is 5.77. The first kappa shape index (κ1) is 13.1. The molecule has 2 unspecified atom stereocenters. The Balaban J connectivity index is 2.13. The van der Waals surface area contributed by atoms with Gasteiger partial charge in [-0.1, -0.05) is 25.8 Å². The Morgan fingerprint density at radius 2 is 2.39 bits per heavy atom. The Morgan fingerprint density at radius 3 is 3.06 bits per heavy atom. The maximum Gasteiger partial charge on any atom is 0.214 e. The zero-order valence-corrected chi connectivity index (χ0v) is 11.3.